The molecule has 0 bridgehead atoms. The Kier molecular flexibility index (Phi) is 3.47. The third kappa shape index (κ3) is 2.43. The summed E-state index contributed by atoms with van der Waals surface area (Å²) < 4.78 is 23.9. The Bertz CT molecular complexity index is 590. The van der Waals surface area contributed by atoms with Crippen LogP contribution in [0.3, 0.4) is 0 Å². The molecule has 1 heterocycles. The quantitative estimate of drug-likeness (QED) is 0.629. The van der Waals surface area contributed by atoms with Crippen LogP contribution >= 0.6 is 15.9 Å². The maximum Gasteiger partial charge on any atom is 0.349 e. The van der Waals surface area contributed by atoms with E-state index in [1.54, 1.807) is 19.9 Å². The van der Waals surface area contributed by atoms with Crippen LogP contribution < -0.4 is 4.74 Å². The molecule has 2 rings (SSSR count). The van der Waals surface area contributed by atoms with E-state index in [1.165, 1.54) is 12.1 Å². The second kappa shape index (κ2) is 4.89. The molecule has 1 aromatic carbocycles. The number of carbonyl (C=O) groups excluding carboxylic acids is 1. The van der Waals surface area contributed by atoms with Crippen molar-refractivity contribution in [3.05, 3.63) is 45.5 Å². The smallest absolute Gasteiger partial charge is 0.349 e. The highest BCUT2D eigenvalue weighted by molar-refractivity contribution is 9.10. The normalized spacial score (nSPS) is 10.4. The minimum absolute atomic E-state index is 0.136. The maximum atomic E-state index is 13.5. The van der Waals surface area contributed by atoms with Crippen LogP contribution in [0.5, 0.6) is 5.75 Å². The fraction of sp³-hybridized carbons (Fsp3) is 0.167. The van der Waals surface area contributed by atoms with Crippen molar-refractivity contribution >= 4 is 21.9 Å². The maximum absolute atomic E-state index is 13.5. The van der Waals surface area contributed by atoms with Crippen LogP contribution in [0, 0.1) is 19.7 Å². The molecule has 0 spiro atoms. The van der Waals surface area contributed by atoms with Gasteiger partial charge in [-0.15, -0.1) is 0 Å². The molecule has 0 N–H and O–H groups in total. The molecule has 0 saturated carbocycles. The van der Waals surface area contributed by atoms with Crippen LogP contribution in [0.25, 0.3) is 0 Å². The lowest BCUT2D eigenvalue weighted by atomic mass is 10.2. The summed E-state index contributed by atoms with van der Waals surface area (Å²) >= 11 is 3.12. The number of esters is 1. The lowest BCUT2D eigenvalue weighted by Crippen LogP contribution is -2.11. The summed E-state index contributed by atoms with van der Waals surface area (Å²) in [4.78, 5) is 11.9. The molecule has 2 aromatic rings. The van der Waals surface area contributed by atoms with Crippen LogP contribution in [0.4, 0.5) is 4.39 Å². The van der Waals surface area contributed by atoms with Gasteiger partial charge in [0.2, 0.25) is 0 Å². The van der Waals surface area contributed by atoms with Crippen LogP contribution in [0.2, 0.25) is 0 Å². The van der Waals surface area contributed by atoms with Crippen molar-refractivity contribution in [1.82, 2.24) is 5.16 Å². The van der Waals surface area contributed by atoms with Gasteiger partial charge in [-0.2, -0.15) is 0 Å². The third-order valence-corrected chi connectivity index (χ3v) is 2.83. The van der Waals surface area contributed by atoms with Gasteiger partial charge < -0.3 is 9.26 Å². The summed E-state index contributed by atoms with van der Waals surface area (Å²) in [5.41, 5.74) is 0.632. The highest BCUT2D eigenvalue weighted by atomic mass is 79.9. The summed E-state index contributed by atoms with van der Waals surface area (Å²) in [6.45, 7) is 3.21. The van der Waals surface area contributed by atoms with Crippen molar-refractivity contribution in [1.29, 1.82) is 0 Å². The van der Waals surface area contributed by atoms with E-state index in [0.29, 0.717) is 15.9 Å². The summed E-state index contributed by atoms with van der Waals surface area (Å²) in [7, 11) is 0. The highest BCUT2D eigenvalue weighted by Gasteiger charge is 2.20. The van der Waals surface area contributed by atoms with Gasteiger partial charge in [-0.25, -0.2) is 9.18 Å². The topological polar surface area (TPSA) is 52.3 Å². The first kappa shape index (κ1) is 12.8. The van der Waals surface area contributed by atoms with Gasteiger partial charge in [0.25, 0.3) is 0 Å². The fourth-order valence-corrected chi connectivity index (χ4v) is 1.82. The number of halogens is 2. The lowest BCUT2D eigenvalue weighted by molar-refractivity contribution is 0.0725. The number of carbonyl (C=O) groups is 1. The van der Waals surface area contributed by atoms with E-state index in [9.17, 15) is 9.18 Å². The SMILES string of the molecule is Cc1noc(C)c1C(=O)Oc1ccc(Br)cc1F. The second-order valence-corrected chi connectivity index (χ2v) is 4.58. The van der Waals surface area contributed by atoms with Crippen LogP contribution in [0.1, 0.15) is 21.8 Å². The van der Waals surface area contributed by atoms with E-state index in [2.05, 4.69) is 21.1 Å². The van der Waals surface area contributed by atoms with Gasteiger partial charge in [-0.05, 0) is 32.0 Å². The van der Waals surface area contributed by atoms with Crippen LogP contribution in [-0.4, -0.2) is 11.1 Å². The monoisotopic (exact) mass is 313 g/mol. The van der Waals surface area contributed by atoms with Crippen LogP contribution in [0.15, 0.2) is 27.2 Å². The largest absolute Gasteiger partial charge is 0.420 e. The van der Waals surface area contributed by atoms with Gasteiger partial charge in [0.1, 0.15) is 11.3 Å². The zero-order valence-corrected chi connectivity index (χ0v) is 11.2. The van der Waals surface area contributed by atoms with Crippen molar-refractivity contribution in [3.8, 4) is 5.75 Å². The van der Waals surface area contributed by atoms with E-state index in [0.717, 1.165) is 0 Å². The minimum Gasteiger partial charge on any atom is -0.420 e. The van der Waals surface area contributed by atoms with Crippen molar-refractivity contribution in [2.45, 2.75) is 13.8 Å². The van der Waals surface area contributed by atoms with Gasteiger partial charge in [-0.1, -0.05) is 21.1 Å². The summed E-state index contributed by atoms with van der Waals surface area (Å²) in [5, 5.41) is 3.64. The number of nitrogens with zero attached hydrogens (tertiary/aromatic N) is 1. The lowest BCUT2D eigenvalue weighted by Gasteiger charge is -2.05. The number of aryl methyl sites for hydroxylation is 2. The molecule has 6 heteroatoms. The molecule has 0 fully saturated rings. The Labute approximate surface area is 111 Å². The molecule has 94 valence electrons. The summed E-state index contributed by atoms with van der Waals surface area (Å²) in [5.74, 6) is -1.10. The van der Waals surface area contributed by atoms with Gasteiger partial charge in [-0.3, -0.25) is 0 Å². The number of benzene rings is 1. The van der Waals surface area contributed by atoms with Crippen molar-refractivity contribution in [2.75, 3.05) is 0 Å². The molecule has 0 atom stereocenters. The summed E-state index contributed by atoms with van der Waals surface area (Å²) in [6, 6.07) is 4.17. The van der Waals surface area contributed by atoms with Crippen LogP contribution in [-0.2, 0) is 0 Å². The predicted molar refractivity (Wildman–Crippen MR) is 65.0 cm³/mol. The molecular formula is C12H9BrFNO3. The first-order valence-corrected chi connectivity index (χ1v) is 5.88. The zero-order valence-electron chi connectivity index (χ0n) is 9.66. The number of hydrogen-bond donors (Lipinski definition) is 0. The molecular weight excluding hydrogens is 305 g/mol. The average Bonchev–Trinajstić information content (AvgIpc) is 2.62. The van der Waals surface area contributed by atoms with E-state index < -0.39 is 11.8 Å². The molecule has 0 aliphatic heterocycles. The fourth-order valence-electron chi connectivity index (χ4n) is 1.48. The molecule has 0 aliphatic rings. The van der Waals surface area contributed by atoms with Crippen molar-refractivity contribution in [2.24, 2.45) is 0 Å². The number of ether oxygens (including phenoxy) is 1. The Morgan fingerprint density at radius 3 is 2.72 bits per heavy atom. The molecule has 0 amide bonds. The van der Waals surface area contributed by atoms with Crippen molar-refractivity contribution < 1.29 is 18.4 Å². The Morgan fingerprint density at radius 2 is 2.17 bits per heavy atom. The minimum atomic E-state index is -0.688. The van der Waals surface area contributed by atoms with Gasteiger partial charge >= 0.3 is 5.97 Å². The zero-order chi connectivity index (χ0) is 13.3. The molecule has 0 saturated heterocycles. The Balaban J connectivity index is 2.27. The standard InChI is InChI=1S/C12H9BrFNO3/c1-6-11(7(2)18-15-6)12(16)17-10-4-3-8(13)5-9(10)14/h3-5H,1-2H3. The number of hydrogen-bond acceptors (Lipinski definition) is 4. The predicted octanol–water partition coefficient (Wildman–Crippen LogP) is 3.41. The Morgan fingerprint density at radius 1 is 1.44 bits per heavy atom. The first-order chi connectivity index (χ1) is 8.49. The molecule has 18 heavy (non-hydrogen) atoms. The van der Waals surface area contributed by atoms with E-state index >= 15 is 0 Å². The third-order valence-electron chi connectivity index (χ3n) is 2.33. The van der Waals surface area contributed by atoms with Gasteiger partial charge in [0.15, 0.2) is 11.6 Å². The highest BCUT2D eigenvalue weighted by Crippen LogP contribution is 2.23. The number of rotatable bonds is 2. The second-order valence-electron chi connectivity index (χ2n) is 3.66. The molecule has 0 unspecified atom stereocenters. The molecule has 1 aromatic heterocycles. The number of aromatic nitrogens is 1. The van der Waals surface area contributed by atoms with Gasteiger partial charge in [0, 0.05) is 4.47 Å². The van der Waals surface area contributed by atoms with Crippen molar-refractivity contribution in [3.63, 3.8) is 0 Å². The molecule has 0 radical (unpaired) electrons. The van der Waals surface area contributed by atoms with E-state index in [4.69, 9.17) is 9.26 Å². The average molecular weight is 314 g/mol. The first-order valence-electron chi connectivity index (χ1n) is 5.09. The summed E-state index contributed by atoms with van der Waals surface area (Å²) in [6.07, 6.45) is 0. The van der Waals surface area contributed by atoms with E-state index in [-0.39, 0.29) is 11.3 Å². The molecule has 0 aliphatic carbocycles. The van der Waals surface area contributed by atoms with E-state index in [1.807, 2.05) is 0 Å². The van der Waals surface area contributed by atoms with Gasteiger partial charge in [0.05, 0.1) is 5.69 Å². The Hall–Kier alpha value is -1.69. The molecule has 4 nitrogen and oxygen atoms in total.